The number of thioether (sulfide) groups is 1. The summed E-state index contributed by atoms with van der Waals surface area (Å²) in [4.78, 5) is 38.5. The highest BCUT2D eigenvalue weighted by molar-refractivity contribution is 8.15. The minimum absolute atomic E-state index is 0.103. The molecule has 1 aliphatic rings. The van der Waals surface area contributed by atoms with E-state index in [0.717, 1.165) is 11.8 Å². The average molecular weight is 348 g/mol. The summed E-state index contributed by atoms with van der Waals surface area (Å²) in [5, 5.41) is 16.0. The van der Waals surface area contributed by atoms with Gasteiger partial charge in [0.25, 0.3) is 5.69 Å². The van der Waals surface area contributed by atoms with Crippen LogP contribution in [0.25, 0.3) is 0 Å². The van der Waals surface area contributed by atoms with Crippen LogP contribution in [0.5, 0.6) is 0 Å². The van der Waals surface area contributed by atoms with Crippen molar-refractivity contribution in [3.8, 4) is 0 Å². The first-order chi connectivity index (χ1) is 11.4. The largest absolute Gasteiger partial charge is 0.320 e. The molecule has 8 nitrogen and oxygen atoms in total. The lowest BCUT2D eigenvalue weighted by Gasteiger charge is -2.08. The fraction of sp³-hybridized carbons (Fsp3) is 0.267. The van der Waals surface area contributed by atoms with Crippen molar-refractivity contribution in [3.63, 3.8) is 0 Å². The van der Waals surface area contributed by atoms with Gasteiger partial charge in [0.05, 0.1) is 11.5 Å². The van der Waals surface area contributed by atoms with Gasteiger partial charge < -0.3 is 10.6 Å². The normalized spacial score (nSPS) is 18.3. The molecule has 0 spiro atoms. The fourth-order valence-electron chi connectivity index (χ4n) is 2.03. The third-order valence-electron chi connectivity index (χ3n) is 3.14. The third kappa shape index (κ3) is 4.42. The van der Waals surface area contributed by atoms with Gasteiger partial charge in [-0.15, -0.1) is 6.58 Å². The molecule has 2 amide bonds. The number of aryl methyl sites for hydroxylation is 1. The predicted molar refractivity (Wildman–Crippen MR) is 93.1 cm³/mol. The monoisotopic (exact) mass is 348 g/mol. The Morgan fingerprint density at radius 3 is 3.00 bits per heavy atom. The van der Waals surface area contributed by atoms with E-state index < -0.39 is 16.1 Å². The molecule has 2 rings (SSSR count). The number of hydrogen-bond acceptors (Lipinski definition) is 6. The lowest BCUT2D eigenvalue weighted by molar-refractivity contribution is -0.384. The Kier molecular flexibility index (Phi) is 5.69. The number of nitrogens with one attached hydrogen (secondary N) is 2. The second-order valence-electron chi connectivity index (χ2n) is 5.06. The predicted octanol–water partition coefficient (Wildman–Crippen LogP) is 2.01. The van der Waals surface area contributed by atoms with E-state index in [1.807, 2.05) is 0 Å². The number of amidine groups is 1. The number of carbonyl (C=O) groups excluding carboxylic acids is 2. The van der Waals surface area contributed by atoms with Crippen LogP contribution in [-0.4, -0.2) is 33.7 Å². The highest BCUT2D eigenvalue weighted by Crippen LogP contribution is 2.27. The molecule has 1 heterocycles. The van der Waals surface area contributed by atoms with E-state index in [1.165, 1.54) is 12.1 Å². The highest BCUT2D eigenvalue weighted by Gasteiger charge is 2.32. The summed E-state index contributed by atoms with van der Waals surface area (Å²) in [6.07, 6.45) is 1.49. The number of hydrogen-bond donors (Lipinski definition) is 2. The second-order valence-corrected chi connectivity index (χ2v) is 6.25. The molecule has 0 aliphatic carbocycles. The topological polar surface area (TPSA) is 114 Å². The number of benzene rings is 1. The summed E-state index contributed by atoms with van der Waals surface area (Å²) >= 11 is 1.16. The molecule has 1 aromatic rings. The van der Waals surface area contributed by atoms with E-state index >= 15 is 0 Å². The van der Waals surface area contributed by atoms with Crippen molar-refractivity contribution in [1.29, 1.82) is 0 Å². The molecule has 0 aromatic heterocycles. The molecule has 9 heteroatoms. The molecular weight excluding hydrogens is 332 g/mol. The molecule has 1 aromatic carbocycles. The van der Waals surface area contributed by atoms with Gasteiger partial charge in [-0.2, -0.15) is 0 Å². The molecule has 1 atom stereocenters. The Bertz CT molecular complexity index is 732. The van der Waals surface area contributed by atoms with Gasteiger partial charge in [0, 0.05) is 12.5 Å². The van der Waals surface area contributed by atoms with Crippen LogP contribution in [0, 0.1) is 17.0 Å². The van der Waals surface area contributed by atoms with Crippen LogP contribution in [0.2, 0.25) is 0 Å². The Morgan fingerprint density at radius 1 is 1.58 bits per heavy atom. The summed E-state index contributed by atoms with van der Waals surface area (Å²) in [5.74, 6) is -0.782. The van der Waals surface area contributed by atoms with Gasteiger partial charge in [0.15, 0.2) is 5.17 Å². The minimum Gasteiger partial charge on any atom is -0.320 e. The molecule has 0 radical (unpaired) electrons. The van der Waals surface area contributed by atoms with Gasteiger partial charge >= 0.3 is 0 Å². The van der Waals surface area contributed by atoms with Crippen molar-refractivity contribution in [2.45, 2.75) is 18.6 Å². The zero-order chi connectivity index (χ0) is 17.7. The number of carbonyl (C=O) groups is 2. The smallest absolute Gasteiger partial charge is 0.293 e. The first-order valence-electron chi connectivity index (χ1n) is 7.08. The van der Waals surface area contributed by atoms with Crippen LogP contribution < -0.4 is 10.6 Å². The van der Waals surface area contributed by atoms with Crippen LogP contribution >= 0.6 is 11.8 Å². The Morgan fingerprint density at radius 2 is 2.33 bits per heavy atom. The van der Waals surface area contributed by atoms with E-state index in [9.17, 15) is 19.7 Å². The molecule has 1 fully saturated rings. The van der Waals surface area contributed by atoms with E-state index in [1.54, 1.807) is 19.1 Å². The number of rotatable bonds is 6. The van der Waals surface area contributed by atoms with Crippen molar-refractivity contribution in [3.05, 3.63) is 46.5 Å². The molecule has 2 N–H and O–H groups in total. The maximum atomic E-state index is 12.1. The Balaban J connectivity index is 2.03. The molecule has 126 valence electrons. The molecule has 0 unspecified atom stereocenters. The maximum absolute atomic E-state index is 12.1. The van der Waals surface area contributed by atoms with E-state index in [4.69, 9.17) is 0 Å². The first kappa shape index (κ1) is 17.7. The zero-order valence-electron chi connectivity index (χ0n) is 12.9. The van der Waals surface area contributed by atoms with Crippen molar-refractivity contribution < 1.29 is 14.5 Å². The summed E-state index contributed by atoms with van der Waals surface area (Å²) in [6.45, 7) is 5.63. The first-order valence-corrected chi connectivity index (χ1v) is 7.96. The van der Waals surface area contributed by atoms with Crippen LogP contribution in [0.1, 0.15) is 12.0 Å². The quantitative estimate of drug-likeness (QED) is 0.464. The minimum atomic E-state index is -0.613. The number of nitro benzene ring substituents is 1. The van der Waals surface area contributed by atoms with Gasteiger partial charge in [-0.3, -0.25) is 24.7 Å². The number of amides is 2. The van der Waals surface area contributed by atoms with Gasteiger partial charge in [-0.25, -0.2) is 0 Å². The SMILES string of the molecule is C=CCN=C1NC(=O)[C@H](CC(=O)Nc2ccc(C)cc2[N+](=O)[O-])S1. The van der Waals surface area contributed by atoms with Crippen molar-refractivity contribution >= 4 is 40.1 Å². The number of nitrogens with zero attached hydrogens (tertiary/aromatic N) is 2. The maximum Gasteiger partial charge on any atom is 0.293 e. The van der Waals surface area contributed by atoms with Gasteiger partial charge in [0.1, 0.15) is 10.9 Å². The molecule has 0 bridgehead atoms. The summed E-state index contributed by atoms with van der Waals surface area (Å²) in [6, 6.07) is 4.52. The van der Waals surface area contributed by atoms with Crippen LogP contribution in [0.15, 0.2) is 35.8 Å². The van der Waals surface area contributed by atoms with Crippen molar-refractivity contribution in [2.24, 2.45) is 4.99 Å². The fourth-order valence-corrected chi connectivity index (χ4v) is 3.01. The lowest BCUT2D eigenvalue weighted by Crippen LogP contribution is -2.28. The Labute approximate surface area is 142 Å². The number of anilines is 1. The Hall–Kier alpha value is -2.68. The summed E-state index contributed by atoms with van der Waals surface area (Å²) in [7, 11) is 0. The molecule has 24 heavy (non-hydrogen) atoms. The molecule has 1 aliphatic heterocycles. The zero-order valence-corrected chi connectivity index (χ0v) is 13.8. The standard InChI is InChI=1S/C15H16N4O4S/c1-3-6-16-15-18-14(21)12(24-15)8-13(20)17-10-5-4-9(2)7-11(10)19(22)23/h3-5,7,12H,1,6,8H2,2H3,(H,17,20)(H,16,18,21)/t12-/m0/s1. The molecule has 1 saturated heterocycles. The number of aliphatic imine (C=N–C) groups is 1. The molecule has 0 saturated carbocycles. The molecular formula is C15H16N4O4S. The van der Waals surface area contributed by atoms with E-state index in [-0.39, 0.29) is 23.7 Å². The lowest BCUT2D eigenvalue weighted by atomic mass is 10.2. The third-order valence-corrected chi connectivity index (χ3v) is 4.25. The average Bonchev–Trinajstić information content (AvgIpc) is 2.86. The highest BCUT2D eigenvalue weighted by atomic mass is 32.2. The van der Waals surface area contributed by atoms with E-state index in [2.05, 4.69) is 22.2 Å². The van der Waals surface area contributed by atoms with Crippen LogP contribution in [0.4, 0.5) is 11.4 Å². The van der Waals surface area contributed by atoms with Crippen LogP contribution in [0.3, 0.4) is 0 Å². The van der Waals surface area contributed by atoms with Crippen molar-refractivity contribution in [2.75, 3.05) is 11.9 Å². The second kappa shape index (κ2) is 7.73. The van der Waals surface area contributed by atoms with Crippen LogP contribution in [-0.2, 0) is 9.59 Å². The number of nitro groups is 1. The van der Waals surface area contributed by atoms with Gasteiger partial charge in [-0.05, 0) is 18.6 Å². The summed E-state index contributed by atoms with van der Waals surface area (Å²) < 4.78 is 0. The summed E-state index contributed by atoms with van der Waals surface area (Å²) in [5.41, 5.74) is 0.646. The van der Waals surface area contributed by atoms with Gasteiger partial charge in [0.2, 0.25) is 11.8 Å². The van der Waals surface area contributed by atoms with Crippen molar-refractivity contribution in [1.82, 2.24) is 5.32 Å². The van der Waals surface area contributed by atoms with E-state index in [0.29, 0.717) is 17.3 Å². The van der Waals surface area contributed by atoms with Gasteiger partial charge in [-0.1, -0.05) is 23.9 Å².